The number of thiazole rings is 1. The summed E-state index contributed by atoms with van der Waals surface area (Å²) in [6.45, 7) is 0.399. The first-order valence-electron chi connectivity index (χ1n) is 13.5. The molecule has 0 saturated carbocycles. The number of benzene rings is 4. The van der Waals surface area contributed by atoms with Crippen LogP contribution in [0.4, 0.5) is 10.8 Å². The maximum absolute atomic E-state index is 13.9. The van der Waals surface area contributed by atoms with Crippen molar-refractivity contribution in [3.05, 3.63) is 108 Å². The van der Waals surface area contributed by atoms with Crippen LogP contribution in [-0.4, -0.2) is 46.3 Å². The van der Waals surface area contributed by atoms with Crippen molar-refractivity contribution >= 4 is 54.5 Å². The van der Waals surface area contributed by atoms with E-state index in [4.69, 9.17) is 9.47 Å². The minimum atomic E-state index is -3.82. The molecule has 0 bridgehead atoms. The number of aromatic nitrogens is 1. The van der Waals surface area contributed by atoms with Gasteiger partial charge in [0.05, 0.1) is 41.2 Å². The molecule has 218 valence electrons. The molecule has 0 spiro atoms. The Balaban J connectivity index is 1.33. The van der Waals surface area contributed by atoms with E-state index >= 15 is 0 Å². The fourth-order valence-corrected chi connectivity index (χ4v) is 7.37. The minimum Gasteiger partial charge on any atom is -0.497 e. The highest BCUT2D eigenvalue weighted by Crippen LogP contribution is 2.34. The number of fused-ring (bicyclic) bond motifs is 2. The number of methoxy groups -OCH3 is 2. The molecule has 9 nitrogen and oxygen atoms in total. The third kappa shape index (κ3) is 5.69. The van der Waals surface area contributed by atoms with E-state index in [9.17, 15) is 13.2 Å². The van der Waals surface area contributed by atoms with Crippen molar-refractivity contribution in [2.45, 2.75) is 17.7 Å². The van der Waals surface area contributed by atoms with Crippen molar-refractivity contribution in [1.29, 1.82) is 0 Å². The van der Waals surface area contributed by atoms with Crippen molar-refractivity contribution < 1.29 is 22.7 Å². The molecule has 4 aromatic carbocycles. The molecule has 0 atom stereocenters. The monoisotopic (exact) mass is 612 g/mol. The lowest BCUT2D eigenvalue weighted by Crippen LogP contribution is -2.35. The molecule has 0 N–H and O–H groups in total. The molecule has 1 aliphatic rings. The van der Waals surface area contributed by atoms with Gasteiger partial charge in [-0.25, -0.2) is 13.4 Å². The van der Waals surface area contributed by atoms with Gasteiger partial charge in [0.15, 0.2) is 0 Å². The van der Waals surface area contributed by atoms with Crippen LogP contribution in [-0.2, 0) is 16.4 Å². The number of carbonyl (C=O) groups is 1. The molecule has 0 fully saturated rings. The average molecular weight is 613 g/mol. The molecule has 43 heavy (non-hydrogen) atoms. The largest absolute Gasteiger partial charge is 0.497 e. The number of hydrazone groups is 1. The van der Waals surface area contributed by atoms with Gasteiger partial charge in [-0.05, 0) is 96.8 Å². The zero-order valence-corrected chi connectivity index (χ0v) is 25.1. The van der Waals surface area contributed by atoms with Crippen molar-refractivity contribution in [1.82, 2.24) is 4.98 Å². The van der Waals surface area contributed by atoms with E-state index in [-0.39, 0.29) is 10.5 Å². The third-order valence-electron chi connectivity index (χ3n) is 7.15. The number of carbonyl (C=O) groups excluding carboxylic acids is 1. The number of ether oxygens (including phenoxy) is 2. The number of hydrogen-bond acceptors (Lipinski definition) is 8. The molecule has 0 aliphatic carbocycles. The third-order valence-corrected chi connectivity index (χ3v) is 9.97. The van der Waals surface area contributed by atoms with Crippen molar-refractivity contribution in [2.75, 3.05) is 30.1 Å². The Hall–Kier alpha value is -4.74. The quantitative estimate of drug-likeness (QED) is 0.154. The summed E-state index contributed by atoms with van der Waals surface area (Å²) in [7, 11) is -0.640. The number of para-hydroxylation sites is 1. The molecule has 11 heteroatoms. The summed E-state index contributed by atoms with van der Waals surface area (Å²) in [5.41, 5.74) is 3.41. The Morgan fingerprint density at radius 3 is 2.42 bits per heavy atom. The Morgan fingerprint density at radius 2 is 1.67 bits per heavy atom. The van der Waals surface area contributed by atoms with Crippen LogP contribution < -0.4 is 18.8 Å². The lowest BCUT2D eigenvalue weighted by molar-refractivity contribution is 0.0987. The van der Waals surface area contributed by atoms with Crippen LogP contribution in [0.15, 0.2) is 101 Å². The number of aryl methyl sites for hydroxylation is 1. The van der Waals surface area contributed by atoms with Gasteiger partial charge < -0.3 is 9.47 Å². The normalized spacial score (nSPS) is 13.2. The van der Waals surface area contributed by atoms with Gasteiger partial charge in [-0.2, -0.15) is 10.1 Å². The molecule has 0 unspecified atom stereocenters. The maximum atomic E-state index is 13.9. The van der Waals surface area contributed by atoms with Gasteiger partial charge in [-0.15, -0.1) is 0 Å². The molecule has 6 rings (SSSR count). The van der Waals surface area contributed by atoms with Crippen LogP contribution in [0.1, 0.15) is 27.9 Å². The van der Waals surface area contributed by atoms with Crippen molar-refractivity contribution in [3.8, 4) is 11.5 Å². The van der Waals surface area contributed by atoms with Gasteiger partial charge >= 0.3 is 0 Å². The summed E-state index contributed by atoms with van der Waals surface area (Å²) in [5.74, 6) is 0.923. The van der Waals surface area contributed by atoms with E-state index in [1.165, 1.54) is 44.9 Å². The van der Waals surface area contributed by atoms with Gasteiger partial charge in [0.1, 0.15) is 11.5 Å². The second-order valence-corrected chi connectivity index (χ2v) is 12.7. The topological polar surface area (TPSA) is 101 Å². The lowest BCUT2D eigenvalue weighted by Gasteiger charge is -2.30. The van der Waals surface area contributed by atoms with Gasteiger partial charge in [0.25, 0.3) is 15.9 Å². The van der Waals surface area contributed by atoms with Gasteiger partial charge in [0, 0.05) is 12.1 Å². The predicted octanol–water partition coefficient (Wildman–Crippen LogP) is 6.14. The van der Waals surface area contributed by atoms with E-state index < -0.39 is 15.9 Å². The predicted molar refractivity (Wildman–Crippen MR) is 169 cm³/mol. The maximum Gasteiger partial charge on any atom is 0.280 e. The minimum absolute atomic E-state index is 0.112. The van der Waals surface area contributed by atoms with E-state index in [2.05, 4.69) is 10.1 Å². The first-order valence-corrected chi connectivity index (χ1v) is 15.8. The molecule has 0 saturated heterocycles. The van der Waals surface area contributed by atoms with Crippen LogP contribution in [0.25, 0.3) is 10.2 Å². The van der Waals surface area contributed by atoms with E-state index in [1.807, 2.05) is 48.5 Å². The summed E-state index contributed by atoms with van der Waals surface area (Å²) in [6, 6.07) is 26.2. The van der Waals surface area contributed by atoms with Gasteiger partial charge in [-0.1, -0.05) is 29.5 Å². The second-order valence-electron chi connectivity index (χ2n) is 9.80. The van der Waals surface area contributed by atoms with Crippen LogP contribution in [0.3, 0.4) is 0 Å². The fourth-order valence-electron chi connectivity index (χ4n) is 4.88. The zero-order valence-electron chi connectivity index (χ0n) is 23.5. The van der Waals surface area contributed by atoms with Crippen LogP contribution in [0, 0.1) is 0 Å². The highest BCUT2D eigenvalue weighted by Gasteiger charge is 2.29. The fraction of sp³-hybridized carbons (Fsp3) is 0.156. The SMILES string of the molecule is COc1ccc(/C=N/N(C(=O)c2ccc(S(=O)(=O)N3CCCc4ccccc43)cc2)c2nc3ccc(OC)cc3s2)cc1. The molecule has 1 aromatic heterocycles. The zero-order chi connectivity index (χ0) is 30.0. The number of amides is 1. The lowest BCUT2D eigenvalue weighted by atomic mass is 10.0. The Bertz CT molecular complexity index is 1920. The number of anilines is 2. The summed E-state index contributed by atoms with van der Waals surface area (Å²) < 4.78 is 40.1. The highest BCUT2D eigenvalue weighted by molar-refractivity contribution is 7.92. The summed E-state index contributed by atoms with van der Waals surface area (Å²) in [4.78, 5) is 18.6. The second kappa shape index (κ2) is 11.9. The summed E-state index contributed by atoms with van der Waals surface area (Å²) in [6.07, 6.45) is 3.14. The molecule has 2 heterocycles. The molecule has 1 aliphatic heterocycles. The number of rotatable bonds is 8. The van der Waals surface area contributed by atoms with Crippen molar-refractivity contribution in [3.63, 3.8) is 0 Å². The van der Waals surface area contributed by atoms with E-state index in [0.717, 1.165) is 28.7 Å². The first-order chi connectivity index (χ1) is 20.9. The summed E-state index contributed by atoms with van der Waals surface area (Å²) in [5, 5.41) is 6.10. The number of sulfonamides is 1. The van der Waals surface area contributed by atoms with Gasteiger partial charge in [0.2, 0.25) is 5.13 Å². The standard InChI is InChI=1S/C32H28N4O5S2/c1-40-25-13-9-22(10-14-25)21-33-36(32-34-28-18-15-26(41-2)20-30(28)42-32)31(37)24-11-16-27(17-12-24)43(38,39)35-19-5-7-23-6-3-4-8-29(23)35/h3-4,6,8-18,20-21H,5,7,19H2,1-2H3/b33-21+. The van der Waals surface area contributed by atoms with Crippen molar-refractivity contribution in [2.24, 2.45) is 5.10 Å². The van der Waals surface area contributed by atoms with Crippen LogP contribution in [0.5, 0.6) is 11.5 Å². The Labute approximate surface area is 253 Å². The molecule has 5 aromatic rings. The van der Waals surface area contributed by atoms with Crippen LogP contribution >= 0.6 is 11.3 Å². The van der Waals surface area contributed by atoms with Gasteiger partial charge in [-0.3, -0.25) is 9.10 Å². The first kappa shape index (κ1) is 28.4. The molecule has 0 radical (unpaired) electrons. The molecular formula is C32H28N4O5S2. The summed E-state index contributed by atoms with van der Waals surface area (Å²) >= 11 is 1.30. The average Bonchev–Trinajstić information content (AvgIpc) is 3.47. The Morgan fingerprint density at radius 1 is 0.953 bits per heavy atom. The molecular weight excluding hydrogens is 585 g/mol. The molecule has 1 amide bonds. The van der Waals surface area contributed by atoms with E-state index in [0.29, 0.717) is 34.4 Å². The Kier molecular flexibility index (Phi) is 7.83. The number of hydrogen-bond donors (Lipinski definition) is 0. The smallest absolute Gasteiger partial charge is 0.280 e. The highest BCUT2D eigenvalue weighted by atomic mass is 32.2. The van der Waals surface area contributed by atoms with E-state index in [1.54, 1.807) is 38.6 Å². The number of nitrogens with zero attached hydrogens (tertiary/aromatic N) is 4. The van der Waals surface area contributed by atoms with Crippen LogP contribution in [0.2, 0.25) is 0 Å².